The monoisotopic (exact) mass is 459 g/mol. The van der Waals surface area contributed by atoms with Crippen LogP contribution in [0, 0.1) is 11.3 Å². The predicted molar refractivity (Wildman–Crippen MR) is 125 cm³/mol. The van der Waals surface area contributed by atoms with E-state index in [0.717, 1.165) is 24.2 Å². The van der Waals surface area contributed by atoms with Crippen LogP contribution in [0.3, 0.4) is 0 Å². The van der Waals surface area contributed by atoms with Gasteiger partial charge in [-0.25, -0.2) is 4.79 Å². The van der Waals surface area contributed by atoms with Crippen LogP contribution in [0.15, 0.2) is 59.4 Å². The van der Waals surface area contributed by atoms with Gasteiger partial charge < -0.3 is 9.64 Å². The minimum absolute atomic E-state index is 0.0384. The minimum Gasteiger partial charge on any atom is -0.465 e. The number of nitrogens with zero attached hydrogens (tertiary/aromatic N) is 3. The third-order valence-corrected chi connectivity index (χ3v) is 6.49. The molecule has 1 amide bonds. The van der Waals surface area contributed by atoms with Gasteiger partial charge in [0.2, 0.25) is 0 Å². The van der Waals surface area contributed by atoms with Gasteiger partial charge >= 0.3 is 5.97 Å². The van der Waals surface area contributed by atoms with Gasteiger partial charge in [0.15, 0.2) is 5.57 Å². The van der Waals surface area contributed by atoms with E-state index >= 15 is 0 Å². The zero-order valence-corrected chi connectivity index (χ0v) is 18.8. The summed E-state index contributed by atoms with van der Waals surface area (Å²) in [5, 5.41) is 9.88. The summed E-state index contributed by atoms with van der Waals surface area (Å²) in [7, 11) is 1.31. The number of rotatable bonds is 4. The summed E-state index contributed by atoms with van der Waals surface area (Å²) >= 11 is 1.11. The van der Waals surface area contributed by atoms with Crippen LogP contribution in [0.1, 0.15) is 28.8 Å². The Morgan fingerprint density at radius 1 is 1.06 bits per heavy atom. The van der Waals surface area contributed by atoms with Gasteiger partial charge in [0.25, 0.3) is 11.5 Å². The number of carbonyl (C=O) groups is 2. The van der Waals surface area contributed by atoms with Gasteiger partial charge in [0.05, 0.1) is 22.9 Å². The highest BCUT2D eigenvalue weighted by Gasteiger charge is 2.24. The van der Waals surface area contributed by atoms with E-state index in [1.165, 1.54) is 11.7 Å². The molecular formula is C25H21N3O4S. The molecule has 0 N–H and O–H groups in total. The van der Waals surface area contributed by atoms with Crippen LogP contribution in [-0.2, 0) is 9.53 Å². The Hall–Kier alpha value is -3.96. The molecule has 7 nitrogen and oxygen atoms in total. The average molecular weight is 460 g/mol. The molecule has 0 unspecified atom stereocenters. The van der Waals surface area contributed by atoms with Crippen molar-refractivity contribution >= 4 is 34.9 Å². The molecule has 0 bridgehead atoms. The second kappa shape index (κ2) is 9.67. The van der Waals surface area contributed by atoms with Crippen molar-refractivity contribution in [3.05, 3.63) is 85.3 Å². The van der Waals surface area contributed by atoms with E-state index in [4.69, 9.17) is 4.74 Å². The van der Waals surface area contributed by atoms with Gasteiger partial charge in [-0.3, -0.25) is 14.2 Å². The molecule has 3 aromatic rings. The van der Waals surface area contributed by atoms with Gasteiger partial charge in [-0.05, 0) is 48.7 Å². The number of benzene rings is 2. The zero-order valence-electron chi connectivity index (χ0n) is 18.0. The Balaban J connectivity index is 1.92. The van der Waals surface area contributed by atoms with E-state index in [9.17, 15) is 19.6 Å². The van der Waals surface area contributed by atoms with Gasteiger partial charge in [-0.15, -0.1) is 11.3 Å². The van der Waals surface area contributed by atoms with Crippen molar-refractivity contribution in [2.45, 2.75) is 12.8 Å². The van der Waals surface area contributed by atoms with Crippen molar-refractivity contribution < 1.29 is 14.3 Å². The molecule has 4 rings (SSSR count). The number of ether oxygens (including phenoxy) is 1. The lowest BCUT2D eigenvalue weighted by Gasteiger charge is -2.14. The summed E-state index contributed by atoms with van der Waals surface area (Å²) in [6.45, 7) is 1.22. The third-order valence-electron chi connectivity index (χ3n) is 5.40. The summed E-state index contributed by atoms with van der Waals surface area (Å²) in [4.78, 5) is 39.8. The molecule has 1 aliphatic heterocycles. The van der Waals surface area contributed by atoms with E-state index in [0.29, 0.717) is 39.1 Å². The van der Waals surface area contributed by atoms with Crippen LogP contribution in [0.2, 0.25) is 0 Å². The molecule has 1 aromatic heterocycles. The first-order valence-electron chi connectivity index (χ1n) is 10.4. The van der Waals surface area contributed by atoms with Crippen molar-refractivity contribution in [1.82, 2.24) is 9.47 Å². The zero-order chi connectivity index (χ0) is 23.4. The van der Waals surface area contributed by atoms with Crippen LogP contribution in [0.4, 0.5) is 0 Å². The summed E-state index contributed by atoms with van der Waals surface area (Å²) < 4.78 is 6.82. The standard InChI is InChI=1S/C25H21N3O4S/c1-32-25(31)18-11-9-17(10-12-18)15-21-23(30)28(19-7-3-2-4-8-19)24(33-21)20(16-26)22(29)27-13-5-6-14-27/h2-4,7-12,15H,5-6,13-14H2,1H3/b21-15+,24-20+. The lowest BCUT2D eigenvalue weighted by Crippen LogP contribution is -2.35. The highest BCUT2D eigenvalue weighted by atomic mass is 32.1. The minimum atomic E-state index is -0.444. The van der Waals surface area contributed by atoms with E-state index in [1.54, 1.807) is 59.5 Å². The first kappa shape index (κ1) is 22.2. The highest BCUT2D eigenvalue weighted by Crippen LogP contribution is 2.12. The van der Waals surface area contributed by atoms with Crippen molar-refractivity contribution in [3.8, 4) is 11.8 Å². The van der Waals surface area contributed by atoms with Gasteiger partial charge in [-0.1, -0.05) is 30.3 Å². The SMILES string of the molecule is COC(=O)c1ccc(/C=c2/s/c(=C(\C#N)C(=O)N3CCCC3)n(-c3ccccc3)c2=O)cc1. The Bertz CT molecular complexity index is 1410. The molecule has 2 heterocycles. The van der Waals surface area contributed by atoms with E-state index in [1.807, 2.05) is 12.1 Å². The van der Waals surface area contributed by atoms with E-state index in [-0.39, 0.29) is 17.0 Å². The number of amides is 1. The number of esters is 1. The fourth-order valence-electron chi connectivity index (χ4n) is 3.71. The number of para-hydroxylation sites is 1. The maximum atomic E-state index is 13.4. The molecule has 0 atom stereocenters. The molecule has 1 fully saturated rings. The van der Waals surface area contributed by atoms with Crippen molar-refractivity contribution in [2.75, 3.05) is 20.2 Å². The molecule has 166 valence electrons. The smallest absolute Gasteiger partial charge is 0.337 e. The van der Waals surface area contributed by atoms with Crippen molar-refractivity contribution in [1.29, 1.82) is 5.26 Å². The molecule has 33 heavy (non-hydrogen) atoms. The quantitative estimate of drug-likeness (QED) is 0.555. The summed E-state index contributed by atoms with van der Waals surface area (Å²) in [6.07, 6.45) is 3.49. The third kappa shape index (κ3) is 4.49. The molecule has 8 heteroatoms. The lowest BCUT2D eigenvalue weighted by atomic mass is 10.1. The molecular weight excluding hydrogens is 438 g/mol. The average Bonchev–Trinajstić information content (AvgIpc) is 3.49. The number of thiazole rings is 1. The molecule has 0 radical (unpaired) electrons. The number of hydrogen-bond acceptors (Lipinski definition) is 6. The molecule has 0 saturated carbocycles. The fourth-order valence-corrected chi connectivity index (χ4v) is 4.81. The predicted octanol–water partition coefficient (Wildman–Crippen LogP) is 1.81. The van der Waals surface area contributed by atoms with Gasteiger partial charge in [-0.2, -0.15) is 5.26 Å². The number of aromatic nitrogens is 1. The second-order valence-corrected chi connectivity index (χ2v) is 8.52. The van der Waals surface area contributed by atoms with Crippen LogP contribution >= 0.6 is 11.3 Å². The normalized spacial score (nSPS) is 14.7. The van der Waals surface area contributed by atoms with E-state index < -0.39 is 5.97 Å². The highest BCUT2D eigenvalue weighted by molar-refractivity contribution is 7.07. The van der Waals surface area contributed by atoms with Crippen LogP contribution in [-0.4, -0.2) is 41.5 Å². The van der Waals surface area contributed by atoms with Crippen LogP contribution in [0.5, 0.6) is 0 Å². The first-order chi connectivity index (χ1) is 16.0. The lowest BCUT2D eigenvalue weighted by molar-refractivity contribution is -0.123. The number of methoxy groups -OCH3 is 1. The summed E-state index contributed by atoms with van der Waals surface area (Å²) in [6, 6.07) is 17.7. The Morgan fingerprint density at radius 3 is 2.33 bits per heavy atom. The largest absolute Gasteiger partial charge is 0.465 e. The van der Waals surface area contributed by atoms with Crippen molar-refractivity contribution in [3.63, 3.8) is 0 Å². The molecule has 0 spiro atoms. The number of carbonyl (C=O) groups excluding carboxylic acids is 2. The first-order valence-corrected chi connectivity index (χ1v) is 11.3. The summed E-state index contributed by atoms with van der Waals surface area (Å²) in [5.74, 6) is -0.796. The van der Waals surface area contributed by atoms with Crippen LogP contribution < -0.4 is 14.8 Å². The Kier molecular flexibility index (Phi) is 6.52. The molecule has 2 aromatic carbocycles. The number of nitriles is 1. The fraction of sp³-hybridized carbons (Fsp3) is 0.200. The van der Waals surface area contributed by atoms with Crippen LogP contribution in [0.25, 0.3) is 17.3 Å². The Labute approximate surface area is 194 Å². The Morgan fingerprint density at radius 2 is 1.73 bits per heavy atom. The maximum Gasteiger partial charge on any atom is 0.337 e. The van der Waals surface area contributed by atoms with E-state index in [2.05, 4.69) is 0 Å². The molecule has 0 aliphatic carbocycles. The van der Waals surface area contributed by atoms with Gasteiger partial charge in [0.1, 0.15) is 10.7 Å². The number of likely N-dealkylation sites (tertiary alicyclic amines) is 1. The topological polar surface area (TPSA) is 92.4 Å². The maximum absolute atomic E-state index is 13.4. The molecule has 1 aliphatic rings. The van der Waals surface area contributed by atoms with Gasteiger partial charge in [0, 0.05) is 13.1 Å². The second-order valence-electron chi connectivity index (χ2n) is 7.49. The molecule has 1 saturated heterocycles. The van der Waals surface area contributed by atoms with Crippen molar-refractivity contribution in [2.24, 2.45) is 0 Å². The summed E-state index contributed by atoms with van der Waals surface area (Å²) in [5.41, 5.74) is 1.33. The number of hydrogen-bond donors (Lipinski definition) is 0.